The van der Waals surface area contributed by atoms with E-state index < -0.39 is 0 Å². The Morgan fingerprint density at radius 3 is 2.36 bits per heavy atom. The number of pyridine rings is 1. The summed E-state index contributed by atoms with van der Waals surface area (Å²) < 4.78 is 4.65. The number of hydrogen-bond acceptors (Lipinski definition) is 6. The molecule has 0 saturated carbocycles. The molecule has 0 aliphatic heterocycles. The van der Waals surface area contributed by atoms with Crippen LogP contribution in [-0.2, 0) is 16.0 Å². The van der Waals surface area contributed by atoms with Crippen molar-refractivity contribution in [3.8, 4) is 22.5 Å². The molecule has 0 atom stereocenters. The van der Waals surface area contributed by atoms with Gasteiger partial charge in [-0.3, -0.25) is 4.79 Å². The summed E-state index contributed by atoms with van der Waals surface area (Å²) in [5.41, 5.74) is 9.54. The number of rotatable bonds is 5. The van der Waals surface area contributed by atoms with Crippen molar-refractivity contribution >= 4 is 11.8 Å². The maximum absolute atomic E-state index is 11.2. The summed E-state index contributed by atoms with van der Waals surface area (Å²) in [6, 6.07) is 11.5. The second-order valence-electron chi connectivity index (χ2n) is 5.54. The average molecular weight is 334 g/mol. The van der Waals surface area contributed by atoms with Gasteiger partial charge in [0.05, 0.1) is 7.11 Å². The number of hydrogen-bond donors (Lipinski definition) is 1. The zero-order valence-electron chi connectivity index (χ0n) is 13.8. The standard InChI is InChI=1S/C19H18N4O2/c1-25-18(24)7-4-13-2-5-14(6-3-13)16-11-22-19(23-12-16)15-8-9-21-17(20)10-15/h2-3,5-6,8-12H,4,7H2,1H3,(H2,20,21). The molecule has 2 N–H and O–H groups in total. The van der Waals surface area contributed by atoms with Crippen LogP contribution < -0.4 is 5.73 Å². The fourth-order valence-electron chi connectivity index (χ4n) is 2.43. The van der Waals surface area contributed by atoms with Gasteiger partial charge in [0.2, 0.25) is 0 Å². The zero-order valence-corrected chi connectivity index (χ0v) is 13.8. The van der Waals surface area contributed by atoms with Crippen molar-refractivity contribution in [3.05, 3.63) is 60.6 Å². The van der Waals surface area contributed by atoms with Crippen LogP contribution in [0.4, 0.5) is 5.82 Å². The number of methoxy groups -OCH3 is 1. The molecule has 6 heteroatoms. The molecular weight excluding hydrogens is 316 g/mol. The first kappa shape index (κ1) is 16.6. The molecule has 1 aromatic carbocycles. The van der Waals surface area contributed by atoms with E-state index in [1.807, 2.05) is 30.3 Å². The number of aromatic nitrogens is 3. The summed E-state index contributed by atoms with van der Waals surface area (Å²) in [5.74, 6) is 0.838. The molecule has 2 heterocycles. The lowest BCUT2D eigenvalue weighted by atomic mass is 10.0. The Kier molecular flexibility index (Phi) is 4.99. The predicted octanol–water partition coefficient (Wildman–Crippen LogP) is 2.89. The van der Waals surface area contributed by atoms with Crippen molar-refractivity contribution in [3.63, 3.8) is 0 Å². The summed E-state index contributed by atoms with van der Waals surface area (Å²) in [6.07, 6.45) is 6.23. The molecule has 0 radical (unpaired) electrons. The quantitative estimate of drug-likeness (QED) is 0.721. The first-order valence-electron chi connectivity index (χ1n) is 7.86. The second-order valence-corrected chi connectivity index (χ2v) is 5.54. The Hall–Kier alpha value is -3.28. The lowest BCUT2D eigenvalue weighted by molar-refractivity contribution is -0.140. The smallest absolute Gasteiger partial charge is 0.305 e. The highest BCUT2D eigenvalue weighted by Crippen LogP contribution is 2.21. The van der Waals surface area contributed by atoms with Gasteiger partial charge in [-0.05, 0) is 29.7 Å². The first-order valence-corrected chi connectivity index (χ1v) is 7.86. The zero-order chi connectivity index (χ0) is 17.6. The van der Waals surface area contributed by atoms with Crippen LogP contribution in [0.1, 0.15) is 12.0 Å². The van der Waals surface area contributed by atoms with Gasteiger partial charge in [0.15, 0.2) is 5.82 Å². The lowest BCUT2D eigenvalue weighted by Crippen LogP contribution is -2.01. The number of aryl methyl sites for hydroxylation is 1. The maximum Gasteiger partial charge on any atom is 0.305 e. The fraction of sp³-hybridized carbons (Fsp3) is 0.158. The Morgan fingerprint density at radius 2 is 1.72 bits per heavy atom. The van der Waals surface area contributed by atoms with Gasteiger partial charge in [-0.1, -0.05) is 24.3 Å². The van der Waals surface area contributed by atoms with Gasteiger partial charge >= 0.3 is 5.97 Å². The summed E-state index contributed by atoms with van der Waals surface area (Å²) in [6.45, 7) is 0. The third-order valence-electron chi connectivity index (χ3n) is 3.82. The van der Waals surface area contributed by atoms with Crippen molar-refractivity contribution < 1.29 is 9.53 Å². The number of ether oxygens (including phenoxy) is 1. The molecule has 126 valence electrons. The molecule has 3 rings (SSSR count). The highest BCUT2D eigenvalue weighted by molar-refractivity contribution is 5.69. The van der Waals surface area contributed by atoms with Crippen LogP contribution in [-0.4, -0.2) is 28.0 Å². The van der Waals surface area contributed by atoms with E-state index in [1.165, 1.54) is 7.11 Å². The van der Waals surface area contributed by atoms with Crippen molar-refractivity contribution in [1.29, 1.82) is 0 Å². The van der Waals surface area contributed by atoms with E-state index in [1.54, 1.807) is 24.7 Å². The fourth-order valence-corrected chi connectivity index (χ4v) is 2.43. The molecular formula is C19H18N4O2. The minimum Gasteiger partial charge on any atom is -0.469 e. The Morgan fingerprint density at radius 1 is 1.00 bits per heavy atom. The minimum atomic E-state index is -0.204. The molecule has 0 saturated heterocycles. The summed E-state index contributed by atoms with van der Waals surface area (Å²) in [4.78, 5) is 24.0. The number of benzene rings is 1. The van der Waals surface area contributed by atoms with E-state index in [-0.39, 0.29) is 5.97 Å². The molecule has 0 spiro atoms. The molecule has 0 aliphatic carbocycles. The van der Waals surface area contributed by atoms with Crippen LogP contribution in [0.2, 0.25) is 0 Å². The minimum absolute atomic E-state index is 0.204. The van der Waals surface area contributed by atoms with E-state index in [4.69, 9.17) is 5.73 Å². The van der Waals surface area contributed by atoms with Crippen LogP contribution in [0.5, 0.6) is 0 Å². The first-order chi connectivity index (χ1) is 12.2. The Bertz CT molecular complexity index is 861. The lowest BCUT2D eigenvalue weighted by Gasteiger charge is -2.05. The van der Waals surface area contributed by atoms with Crippen LogP contribution in [0.3, 0.4) is 0 Å². The van der Waals surface area contributed by atoms with Crippen molar-refractivity contribution in [1.82, 2.24) is 15.0 Å². The maximum atomic E-state index is 11.2. The summed E-state index contributed by atoms with van der Waals surface area (Å²) in [7, 11) is 1.40. The van der Waals surface area contributed by atoms with E-state index in [2.05, 4.69) is 19.7 Å². The Labute approximate surface area is 145 Å². The van der Waals surface area contributed by atoms with E-state index in [9.17, 15) is 4.79 Å². The molecule has 6 nitrogen and oxygen atoms in total. The molecule has 3 aromatic rings. The van der Waals surface area contributed by atoms with Gasteiger partial charge in [-0.15, -0.1) is 0 Å². The summed E-state index contributed by atoms with van der Waals surface area (Å²) in [5, 5.41) is 0. The number of carbonyl (C=O) groups is 1. The average Bonchev–Trinajstić information content (AvgIpc) is 2.66. The number of nitrogens with zero attached hydrogens (tertiary/aromatic N) is 3. The number of anilines is 1. The monoisotopic (exact) mass is 334 g/mol. The second kappa shape index (κ2) is 7.53. The molecule has 0 aliphatic rings. The molecule has 0 amide bonds. The summed E-state index contributed by atoms with van der Waals surface area (Å²) >= 11 is 0. The van der Waals surface area contributed by atoms with Crippen molar-refractivity contribution in [2.24, 2.45) is 0 Å². The Balaban J connectivity index is 1.73. The van der Waals surface area contributed by atoms with Gasteiger partial charge in [-0.25, -0.2) is 15.0 Å². The van der Waals surface area contributed by atoms with Crippen LogP contribution >= 0.6 is 0 Å². The highest BCUT2D eigenvalue weighted by Gasteiger charge is 2.05. The van der Waals surface area contributed by atoms with Crippen LogP contribution in [0, 0.1) is 0 Å². The molecule has 2 aromatic heterocycles. The molecule has 0 fully saturated rings. The largest absolute Gasteiger partial charge is 0.469 e. The van der Waals surface area contributed by atoms with E-state index in [0.717, 1.165) is 22.3 Å². The van der Waals surface area contributed by atoms with E-state index >= 15 is 0 Å². The van der Waals surface area contributed by atoms with Crippen molar-refractivity contribution in [2.75, 3.05) is 12.8 Å². The van der Waals surface area contributed by atoms with Gasteiger partial charge in [-0.2, -0.15) is 0 Å². The molecule has 0 unspecified atom stereocenters. The van der Waals surface area contributed by atoms with Gasteiger partial charge < -0.3 is 10.5 Å². The third-order valence-corrected chi connectivity index (χ3v) is 3.82. The van der Waals surface area contributed by atoms with Gasteiger partial charge in [0, 0.05) is 36.1 Å². The number of esters is 1. The molecule has 0 bridgehead atoms. The number of nitrogens with two attached hydrogens (primary N) is 1. The SMILES string of the molecule is COC(=O)CCc1ccc(-c2cnc(-c3ccnc(N)c3)nc2)cc1. The number of nitrogen functional groups attached to an aromatic ring is 1. The van der Waals surface area contributed by atoms with Gasteiger partial charge in [0.1, 0.15) is 5.82 Å². The van der Waals surface area contributed by atoms with E-state index in [0.29, 0.717) is 24.5 Å². The van der Waals surface area contributed by atoms with Gasteiger partial charge in [0.25, 0.3) is 0 Å². The van der Waals surface area contributed by atoms with Crippen LogP contribution in [0.25, 0.3) is 22.5 Å². The topological polar surface area (TPSA) is 91.0 Å². The van der Waals surface area contributed by atoms with Crippen molar-refractivity contribution in [2.45, 2.75) is 12.8 Å². The highest BCUT2D eigenvalue weighted by atomic mass is 16.5. The third kappa shape index (κ3) is 4.17. The predicted molar refractivity (Wildman–Crippen MR) is 95.4 cm³/mol. The normalized spacial score (nSPS) is 10.4. The molecule has 25 heavy (non-hydrogen) atoms. The number of carbonyl (C=O) groups excluding carboxylic acids is 1. The van der Waals surface area contributed by atoms with Crippen LogP contribution in [0.15, 0.2) is 55.0 Å².